The minimum Gasteiger partial charge on any atom is -0.497 e. The average molecular weight is 335 g/mol. The normalized spacial score (nSPS) is 26.1. The third kappa shape index (κ3) is 3.04. The number of carboxylic acid groups (broad SMARTS) is 1. The van der Waals surface area contributed by atoms with Crippen LogP contribution in [0.3, 0.4) is 0 Å². The van der Waals surface area contributed by atoms with Crippen LogP contribution in [0.4, 0.5) is 0 Å². The molecule has 124 valence electrons. The molecule has 1 aliphatic heterocycles. The van der Waals surface area contributed by atoms with E-state index in [1.165, 1.54) is 11.8 Å². The monoisotopic (exact) mass is 335 g/mol. The summed E-state index contributed by atoms with van der Waals surface area (Å²) in [7, 11) is 1.62. The van der Waals surface area contributed by atoms with Crippen molar-refractivity contribution < 1.29 is 19.4 Å². The van der Waals surface area contributed by atoms with Crippen molar-refractivity contribution in [1.29, 1.82) is 0 Å². The molecule has 1 heterocycles. The maximum atomic E-state index is 12.4. The van der Waals surface area contributed by atoms with E-state index in [0.29, 0.717) is 25.3 Å². The number of thioether (sulfide) groups is 1. The average Bonchev–Trinajstić information content (AvgIpc) is 3.11. The Bertz CT molecular complexity index is 603. The van der Waals surface area contributed by atoms with Gasteiger partial charge in [0.1, 0.15) is 5.75 Å². The van der Waals surface area contributed by atoms with Crippen molar-refractivity contribution in [3.8, 4) is 5.75 Å². The highest BCUT2D eigenvalue weighted by Gasteiger charge is 2.55. The molecule has 0 aromatic heterocycles. The molecule has 1 saturated heterocycles. The Kier molecular flexibility index (Phi) is 4.53. The van der Waals surface area contributed by atoms with E-state index in [0.717, 1.165) is 23.5 Å². The molecule has 1 aliphatic carbocycles. The standard InChI is InChI=1S/C17H21NO4S/c1-22-13-4-6-14(7-5-13)23-10-15(19)18-9-12-3-2-8-17(12,11-18)16(20)21/h4-7,12H,2-3,8-11H2,1H3,(H,20,21)/t12-,17+/m0/s1. The highest BCUT2D eigenvalue weighted by Crippen LogP contribution is 2.49. The second kappa shape index (κ2) is 6.43. The summed E-state index contributed by atoms with van der Waals surface area (Å²) >= 11 is 1.48. The molecule has 6 heteroatoms. The summed E-state index contributed by atoms with van der Waals surface area (Å²) in [6.07, 6.45) is 2.57. The number of methoxy groups -OCH3 is 1. The van der Waals surface area contributed by atoms with E-state index >= 15 is 0 Å². The van der Waals surface area contributed by atoms with Gasteiger partial charge in [-0.1, -0.05) is 6.42 Å². The van der Waals surface area contributed by atoms with Gasteiger partial charge in [0.25, 0.3) is 0 Å². The summed E-state index contributed by atoms with van der Waals surface area (Å²) in [5.74, 6) is 0.541. The van der Waals surface area contributed by atoms with Crippen LogP contribution in [0.5, 0.6) is 5.75 Å². The van der Waals surface area contributed by atoms with Gasteiger partial charge in [0.15, 0.2) is 0 Å². The van der Waals surface area contributed by atoms with Gasteiger partial charge in [-0.25, -0.2) is 0 Å². The van der Waals surface area contributed by atoms with Crippen molar-refractivity contribution in [2.75, 3.05) is 26.0 Å². The van der Waals surface area contributed by atoms with Crippen molar-refractivity contribution in [3.05, 3.63) is 24.3 Å². The predicted octanol–water partition coefficient (Wildman–Crippen LogP) is 2.50. The topological polar surface area (TPSA) is 66.8 Å². The lowest BCUT2D eigenvalue weighted by atomic mass is 9.81. The van der Waals surface area contributed by atoms with Crippen molar-refractivity contribution in [2.45, 2.75) is 24.2 Å². The fourth-order valence-corrected chi connectivity index (χ4v) is 4.54. The van der Waals surface area contributed by atoms with Crippen LogP contribution in [0.15, 0.2) is 29.2 Å². The van der Waals surface area contributed by atoms with Crippen molar-refractivity contribution >= 4 is 23.6 Å². The molecular formula is C17H21NO4S. The summed E-state index contributed by atoms with van der Waals surface area (Å²) in [5.41, 5.74) is -0.694. The zero-order valence-electron chi connectivity index (χ0n) is 13.2. The Balaban J connectivity index is 1.58. The molecule has 0 radical (unpaired) electrons. The summed E-state index contributed by atoms with van der Waals surface area (Å²) < 4.78 is 5.11. The predicted molar refractivity (Wildman–Crippen MR) is 87.7 cm³/mol. The number of hydrogen-bond acceptors (Lipinski definition) is 4. The molecule has 1 amide bonds. The highest BCUT2D eigenvalue weighted by atomic mass is 32.2. The molecule has 0 bridgehead atoms. The minimum atomic E-state index is -0.738. The van der Waals surface area contributed by atoms with Gasteiger partial charge in [0.2, 0.25) is 5.91 Å². The van der Waals surface area contributed by atoms with Gasteiger partial charge in [0, 0.05) is 18.0 Å². The molecule has 0 spiro atoms. The van der Waals surface area contributed by atoms with E-state index < -0.39 is 11.4 Å². The zero-order chi connectivity index (χ0) is 16.4. The van der Waals surface area contributed by atoms with E-state index in [-0.39, 0.29) is 11.8 Å². The number of amides is 1. The number of benzene rings is 1. The molecule has 2 fully saturated rings. The van der Waals surface area contributed by atoms with Crippen LogP contribution in [0.25, 0.3) is 0 Å². The molecule has 1 aromatic rings. The zero-order valence-corrected chi connectivity index (χ0v) is 14.0. The van der Waals surface area contributed by atoms with Crippen LogP contribution >= 0.6 is 11.8 Å². The number of fused-ring (bicyclic) bond motifs is 1. The molecule has 2 aliphatic rings. The van der Waals surface area contributed by atoms with Gasteiger partial charge in [0.05, 0.1) is 18.3 Å². The van der Waals surface area contributed by atoms with Gasteiger partial charge in [-0.15, -0.1) is 11.8 Å². The largest absolute Gasteiger partial charge is 0.497 e. The Morgan fingerprint density at radius 1 is 1.39 bits per heavy atom. The van der Waals surface area contributed by atoms with Crippen molar-refractivity contribution in [1.82, 2.24) is 4.90 Å². The number of carbonyl (C=O) groups excluding carboxylic acids is 1. The molecule has 2 atom stereocenters. The van der Waals surface area contributed by atoms with E-state index in [9.17, 15) is 14.7 Å². The van der Waals surface area contributed by atoms with E-state index in [4.69, 9.17) is 4.74 Å². The lowest BCUT2D eigenvalue weighted by molar-refractivity contribution is -0.149. The van der Waals surface area contributed by atoms with Crippen LogP contribution in [0, 0.1) is 11.3 Å². The number of aliphatic carboxylic acids is 1. The number of carboxylic acids is 1. The number of hydrogen-bond donors (Lipinski definition) is 1. The first-order valence-electron chi connectivity index (χ1n) is 7.83. The van der Waals surface area contributed by atoms with E-state index in [2.05, 4.69) is 0 Å². The van der Waals surface area contributed by atoms with Crippen LogP contribution in [-0.4, -0.2) is 47.8 Å². The number of ether oxygens (including phenoxy) is 1. The maximum absolute atomic E-state index is 12.4. The molecule has 1 aromatic carbocycles. The van der Waals surface area contributed by atoms with Crippen LogP contribution < -0.4 is 4.74 Å². The van der Waals surface area contributed by atoms with E-state index in [1.54, 1.807) is 12.0 Å². The summed E-state index contributed by atoms with van der Waals surface area (Å²) in [5, 5.41) is 9.58. The third-order valence-corrected chi connectivity index (χ3v) is 6.07. The Hall–Kier alpha value is -1.69. The number of nitrogens with zero attached hydrogens (tertiary/aromatic N) is 1. The first-order chi connectivity index (χ1) is 11.0. The fraction of sp³-hybridized carbons (Fsp3) is 0.529. The Morgan fingerprint density at radius 3 is 2.74 bits per heavy atom. The van der Waals surface area contributed by atoms with Gasteiger partial charge < -0.3 is 14.7 Å². The van der Waals surface area contributed by atoms with Crippen molar-refractivity contribution in [2.24, 2.45) is 11.3 Å². The van der Waals surface area contributed by atoms with Gasteiger partial charge >= 0.3 is 5.97 Å². The number of rotatable bonds is 5. The molecule has 23 heavy (non-hydrogen) atoms. The smallest absolute Gasteiger partial charge is 0.311 e. The molecule has 3 rings (SSSR count). The first kappa shape index (κ1) is 16.2. The van der Waals surface area contributed by atoms with Crippen LogP contribution in [0.2, 0.25) is 0 Å². The van der Waals surface area contributed by atoms with Crippen LogP contribution in [-0.2, 0) is 9.59 Å². The lowest BCUT2D eigenvalue weighted by Crippen LogP contribution is -2.37. The SMILES string of the molecule is COc1ccc(SCC(=O)N2C[C@@H]3CCC[C@@]3(C(=O)O)C2)cc1. The molecule has 1 N–H and O–H groups in total. The third-order valence-electron chi connectivity index (χ3n) is 5.07. The van der Waals surface area contributed by atoms with Crippen molar-refractivity contribution in [3.63, 3.8) is 0 Å². The van der Waals surface area contributed by atoms with Gasteiger partial charge in [-0.05, 0) is 43.0 Å². The van der Waals surface area contributed by atoms with Crippen LogP contribution in [0.1, 0.15) is 19.3 Å². The summed E-state index contributed by atoms with van der Waals surface area (Å²) in [4.78, 5) is 26.8. The van der Waals surface area contributed by atoms with E-state index in [1.807, 2.05) is 24.3 Å². The number of carbonyl (C=O) groups is 2. The first-order valence-corrected chi connectivity index (χ1v) is 8.82. The number of likely N-dealkylation sites (tertiary alicyclic amines) is 1. The van der Waals surface area contributed by atoms with Gasteiger partial charge in [-0.3, -0.25) is 9.59 Å². The second-order valence-electron chi connectivity index (χ2n) is 6.29. The lowest BCUT2D eigenvalue weighted by Gasteiger charge is -2.23. The minimum absolute atomic E-state index is 0.0286. The summed E-state index contributed by atoms with van der Waals surface area (Å²) in [6.45, 7) is 0.962. The molecule has 5 nitrogen and oxygen atoms in total. The molecular weight excluding hydrogens is 314 g/mol. The fourth-order valence-electron chi connectivity index (χ4n) is 3.74. The molecule has 1 saturated carbocycles. The quantitative estimate of drug-likeness (QED) is 0.838. The Labute approximate surface area is 140 Å². The second-order valence-corrected chi connectivity index (χ2v) is 7.34. The Morgan fingerprint density at radius 2 is 2.13 bits per heavy atom. The highest BCUT2D eigenvalue weighted by molar-refractivity contribution is 8.00. The summed E-state index contributed by atoms with van der Waals surface area (Å²) in [6, 6.07) is 7.58. The molecule has 0 unspecified atom stereocenters. The van der Waals surface area contributed by atoms with Gasteiger partial charge in [-0.2, -0.15) is 0 Å². The maximum Gasteiger partial charge on any atom is 0.311 e.